The zero-order valence-electron chi connectivity index (χ0n) is 14.0. The summed E-state index contributed by atoms with van der Waals surface area (Å²) in [6.07, 6.45) is 0.854. The number of amides is 2. The second-order valence-corrected chi connectivity index (χ2v) is 5.92. The van der Waals surface area contributed by atoms with Gasteiger partial charge in [-0.3, -0.25) is 9.59 Å². The molecule has 0 aromatic heterocycles. The number of carbonyl (C=O) groups excluding carboxylic acids is 2. The van der Waals surface area contributed by atoms with Crippen LogP contribution < -0.4 is 16.4 Å². The van der Waals surface area contributed by atoms with Crippen LogP contribution in [-0.2, 0) is 11.2 Å². The molecule has 0 spiro atoms. The summed E-state index contributed by atoms with van der Waals surface area (Å²) >= 11 is 0. The van der Waals surface area contributed by atoms with Gasteiger partial charge in [-0.2, -0.15) is 0 Å². The maximum absolute atomic E-state index is 12.2. The molecule has 2 rings (SSSR count). The minimum atomic E-state index is -0.201. The molecule has 0 atom stereocenters. The van der Waals surface area contributed by atoms with Crippen molar-refractivity contribution in [3.8, 4) is 0 Å². The maximum Gasteiger partial charge on any atom is 0.253 e. The van der Waals surface area contributed by atoms with Gasteiger partial charge in [-0.25, -0.2) is 0 Å². The molecule has 4 N–H and O–H groups in total. The summed E-state index contributed by atoms with van der Waals surface area (Å²) in [5.74, 6) is -0.351. The van der Waals surface area contributed by atoms with Crippen LogP contribution in [0.1, 0.15) is 36.2 Å². The Morgan fingerprint density at radius 3 is 2.42 bits per heavy atom. The van der Waals surface area contributed by atoms with E-state index in [1.165, 1.54) is 0 Å². The van der Waals surface area contributed by atoms with Crippen LogP contribution >= 0.6 is 0 Å². The van der Waals surface area contributed by atoms with E-state index in [0.717, 1.165) is 5.56 Å². The quantitative estimate of drug-likeness (QED) is 0.714. The van der Waals surface area contributed by atoms with Crippen molar-refractivity contribution in [2.75, 3.05) is 11.1 Å². The first kappa shape index (κ1) is 17.5. The van der Waals surface area contributed by atoms with E-state index >= 15 is 0 Å². The Kier molecular flexibility index (Phi) is 5.95. The van der Waals surface area contributed by atoms with Crippen LogP contribution in [0.25, 0.3) is 0 Å². The second kappa shape index (κ2) is 8.15. The Balaban J connectivity index is 2.01. The van der Waals surface area contributed by atoms with Crippen LogP contribution in [0.5, 0.6) is 0 Å². The van der Waals surface area contributed by atoms with Gasteiger partial charge in [-0.1, -0.05) is 30.3 Å². The van der Waals surface area contributed by atoms with Crippen molar-refractivity contribution < 1.29 is 9.59 Å². The topological polar surface area (TPSA) is 84.2 Å². The van der Waals surface area contributed by atoms with Crippen molar-refractivity contribution in [2.24, 2.45) is 0 Å². The van der Waals surface area contributed by atoms with Gasteiger partial charge in [0.1, 0.15) is 0 Å². The van der Waals surface area contributed by atoms with Crippen LogP contribution in [0.15, 0.2) is 48.5 Å². The molecule has 0 saturated carbocycles. The van der Waals surface area contributed by atoms with Gasteiger partial charge < -0.3 is 16.4 Å². The largest absolute Gasteiger partial charge is 0.399 e. The number of rotatable bonds is 6. The van der Waals surface area contributed by atoms with Gasteiger partial charge in [0.25, 0.3) is 5.91 Å². The normalized spacial score (nSPS) is 10.5. The molecule has 5 heteroatoms. The smallest absolute Gasteiger partial charge is 0.253 e. The number of aryl methyl sites for hydroxylation is 1. The molecule has 0 fully saturated rings. The van der Waals surface area contributed by atoms with Crippen LogP contribution in [0.4, 0.5) is 11.4 Å². The Morgan fingerprint density at radius 1 is 1.04 bits per heavy atom. The van der Waals surface area contributed by atoms with Crippen LogP contribution in [0.3, 0.4) is 0 Å². The summed E-state index contributed by atoms with van der Waals surface area (Å²) in [6.45, 7) is 3.78. The first-order valence-corrected chi connectivity index (χ1v) is 8.00. The molecule has 0 unspecified atom stereocenters. The van der Waals surface area contributed by atoms with E-state index in [4.69, 9.17) is 5.73 Å². The second-order valence-electron chi connectivity index (χ2n) is 5.92. The summed E-state index contributed by atoms with van der Waals surface area (Å²) in [7, 11) is 0. The molecule has 5 nitrogen and oxygen atoms in total. The van der Waals surface area contributed by atoms with Crippen molar-refractivity contribution in [2.45, 2.75) is 32.7 Å². The monoisotopic (exact) mass is 325 g/mol. The van der Waals surface area contributed by atoms with Crippen molar-refractivity contribution >= 4 is 23.2 Å². The minimum absolute atomic E-state index is 0.0299. The van der Waals surface area contributed by atoms with Gasteiger partial charge >= 0.3 is 0 Å². The predicted octanol–water partition coefficient (Wildman–Crippen LogP) is 2.98. The molecule has 0 aliphatic heterocycles. The number of nitrogens with one attached hydrogen (secondary N) is 2. The van der Waals surface area contributed by atoms with Gasteiger partial charge in [0, 0.05) is 18.2 Å². The van der Waals surface area contributed by atoms with Crippen LogP contribution in [0, 0.1) is 0 Å². The zero-order valence-corrected chi connectivity index (χ0v) is 14.0. The average molecular weight is 325 g/mol. The molecule has 2 aromatic carbocycles. The summed E-state index contributed by atoms with van der Waals surface area (Å²) in [6, 6.07) is 14.5. The number of nitrogens with two attached hydrogens (primary N) is 1. The van der Waals surface area contributed by atoms with Crippen molar-refractivity contribution in [3.05, 3.63) is 59.7 Å². The molecule has 24 heavy (non-hydrogen) atoms. The summed E-state index contributed by atoms with van der Waals surface area (Å²) < 4.78 is 0. The Bertz CT molecular complexity index is 726. The van der Waals surface area contributed by atoms with E-state index in [1.807, 2.05) is 38.1 Å². The molecule has 0 aliphatic carbocycles. The Labute approximate surface area is 142 Å². The van der Waals surface area contributed by atoms with Crippen molar-refractivity contribution in [1.29, 1.82) is 0 Å². The van der Waals surface area contributed by atoms with Crippen LogP contribution in [-0.4, -0.2) is 17.9 Å². The molecule has 0 aliphatic rings. The molecule has 0 radical (unpaired) electrons. The minimum Gasteiger partial charge on any atom is -0.399 e. The third kappa shape index (κ3) is 4.84. The highest BCUT2D eigenvalue weighted by Gasteiger charge is 2.14. The molecule has 0 heterocycles. The Morgan fingerprint density at radius 2 is 1.71 bits per heavy atom. The molecule has 2 aromatic rings. The number of benzene rings is 2. The molecular weight excluding hydrogens is 302 g/mol. The fraction of sp³-hybridized carbons (Fsp3) is 0.263. The number of nitrogen functional groups attached to an aromatic ring is 1. The first-order valence-electron chi connectivity index (χ1n) is 8.00. The fourth-order valence-corrected chi connectivity index (χ4v) is 2.35. The molecule has 0 bridgehead atoms. The lowest BCUT2D eigenvalue weighted by molar-refractivity contribution is -0.116. The summed E-state index contributed by atoms with van der Waals surface area (Å²) in [5.41, 5.74) is 8.48. The predicted molar refractivity (Wildman–Crippen MR) is 96.8 cm³/mol. The lowest BCUT2D eigenvalue weighted by atomic mass is 10.1. The molecule has 0 saturated heterocycles. The SMILES string of the molecule is CC(C)NC(=O)c1ccccc1NC(=O)CCc1ccccc1N. The van der Waals surface area contributed by atoms with E-state index in [-0.39, 0.29) is 17.9 Å². The molecule has 2 amide bonds. The first-order chi connectivity index (χ1) is 11.5. The summed E-state index contributed by atoms with van der Waals surface area (Å²) in [4.78, 5) is 24.4. The fourth-order valence-electron chi connectivity index (χ4n) is 2.35. The van der Waals surface area contributed by atoms with Gasteiger partial charge in [-0.05, 0) is 44.0 Å². The third-order valence-corrected chi connectivity index (χ3v) is 3.54. The number of anilines is 2. The van der Waals surface area contributed by atoms with Gasteiger partial charge in [0.2, 0.25) is 5.91 Å². The third-order valence-electron chi connectivity index (χ3n) is 3.54. The zero-order chi connectivity index (χ0) is 17.5. The van der Waals surface area contributed by atoms with E-state index in [0.29, 0.717) is 29.8 Å². The highest BCUT2D eigenvalue weighted by molar-refractivity contribution is 6.03. The Hall–Kier alpha value is -2.82. The maximum atomic E-state index is 12.2. The number of hydrogen-bond acceptors (Lipinski definition) is 3. The highest BCUT2D eigenvalue weighted by atomic mass is 16.2. The number of carbonyl (C=O) groups is 2. The number of para-hydroxylation sites is 2. The van der Waals surface area contributed by atoms with Crippen LogP contribution in [0.2, 0.25) is 0 Å². The van der Waals surface area contributed by atoms with Gasteiger partial charge in [0.15, 0.2) is 0 Å². The van der Waals surface area contributed by atoms with Gasteiger partial charge in [0.05, 0.1) is 11.3 Å². The number of hydrogen-bond donors (Lipinski definition) is 3. The lowest BCUT2D eigenvalue weighted by Gasteiger charge is -2.13. The standard InChI is InChI=1S/C19H23N3O2/c1-13(2)21-19(24)15-8-4-6-10-17(15)22-18(23)12-11-14-7-3-5-9-16(14)20/h3-10,13H,11-12,20H2,1-2H3,(H,21,24)(H,22,23). The highest BCUT2D eigenvalue weighted by Crippen LogP contribution is 2.17. The van der Waals surface area contributed by atoms with E-state index in [1.54, 1.807) is 24.3 Å². The van der Waals surface area contributed by atoms with E-state index in [9.17, 15) is 9.59 Å². The molecule has 126 valence electrons. The lowest BCUT2D eigenvalue weighted by Crippen LogP contribution is -2.31. The van der Waals surface area contributed by atoms with E-state index in [2.05, 4.69) is 10.6 Å². The molecular formula is C19H23N3O2. The average Bonchev–Trinajstić information content (AvgIpc) is 2.54. The van der Waals surface area contributed by atoms with E-state index < -0.39 is 0 Å². The van der Waals surface area contributed by atoms with Crippen molar-refractivity contribution in [3.63, 3.8) is 0 Å². The summed E-state index contributed by atoms with van der Waals surface area (Å²) in [5, 5.41) is 5.65. The van der Waals surface area contributed by atoms with Gasteiger partial charge in [-0.15, -0.1) is 0 Å². The van der Waals surface area contributed by atoms with Crippen molar-refractivity contribution in [1.82, 2.24) is 5.32 Å².